The Kier molecular flexibility index (Phi) is 6.57. The second-order valence-corrected chi connectivity index (χ2v) is 7.40. The summed E-state index contributed by atoms with van der Waals surface area (Å²) in [6.45, 7) is 3.79. The smallest absolute Gasteiger partial charge is 0.253 e. The summed E-state index contributed by atoms with van der Waals surface area (Å²) in [5.41, 5.74) is 1.94. The van der Waals surface area contributed by atoms with Crippen molar-refractivity contribution >= 4 is 45.6 Å². The first-order chi connectivity index (χ1) is 13.9. The summed E-state index contributed by atoms with van der Waals surface area (Å²) in [6, 6.07) is 20.9. The highest BCUT2D eigenvalue weighted by atomic mass is 32.1. The van der Waals surface area contributed by atoms with Crippen LogP contribution in [-0.2, 0) is 11.2 Å². The van der Waals surface area contributed by atoms with Gasteiger partial charge in [0.05, 0.1) is 17.7 Å². The number of benzene rings is 3. The molecule has 0 aliphatic carbocycles. The van der Waals surface area contributed by atoms with Crippen molar-refractivity contribution in [3.63, 3.8) is 0 Å². The molecule has 3 N–H and O–H groups in total. The Morgan fingerprint density at radius 3 is 2.41 bits per heavy atom. The highest BCUT2D eigenvalue weighted by molar-refractivity contribution is 7.80. The van der Waals surface area contributed by atoms with E-state index < -0.39 is 0 Å². The lowest BCUT2D eigenvalue weighted by Crippen LogP contribution is -2.36. The van der Waals surface area contributed by atoms with Gasteiger partial charge in [-0.2, -0.15) is 0 Å². The Labute approximate surface area is 175 Å². The van der Waals surface area contributed by atoms with E-state index in [2.05, 4.69) is 16.0 Å². The lowest BCUT2D eigenvalue weighted by Gasteiger charge is -2.15. The van der Waals surface area contributed by atoms with Crippen molar-refractivity contribution in [3.8, 4) is 0 Å². The number of hydrogen-bond acceptors (Lipinski definition) is 3. The van der Waals surface area contributed by atoms with Crippen LogP contribution in [0.5, 0.6) is 0 Å². The number of thiocarbonyl (C=S) groups is 1. The van der Waals surface area contributed by atoms with Crippen molar-refractivity contribution in [3.05, 3.63) is 77.9 Å². The first kappa shape index (κ1) is 20.5. The average molecular weight is 406 g/mol. The summed E-state index contributed by atoms with van der Waals surface area (Å²) in [6.07, 6.45) is 0.207. The number of para-hydroxylation sites is 1. The largest absolute Gasteiger partial charge is 0.350 e. The summed E-state index contributed by atoms with van der Waals surface area (Å²) in [7, 11) is 0. The van der Waals surface area contributed by atoms with Gasteiger partial charge in [0.1, 0.15) is 0 Å². The molecule has 3 aromatic rings. The zero-order chi connectivity index (χ0) is 20.8. The van der Waals surface area contributed by atoms with E-state index in [1.165, 1.54) is 0 Å². The maximum absolute atomic E-state index is 12.5. The molecule has 3 rings (SSSR count). The van der Waals surface area contributed by atoms with Crippen LogP contribution in [0.25, 0.3) is 10.8 Å². The summed E-state index contributed by atoms with van der Waals surface area (Å²) < 4.78 is 0. The van der Waals surface area contributed by atoms with E-state index in [1.54, 1.807) is 24.3 Å². The summed E-state index contributed by atoms with van der Waals surface area (Å²) in [5, 5.41) is 10.8. The molecule has 0 bridgehead atoms. The monoisotopic (exact) mass is 405 g/mol. The third kappa shape index (κ3) is 5.39. The van der Waals surface area contributed by atoms with Crippen LogP contribution in [0, 0.1) is 0 Å². The SMILES string of the molecule is CC(C)NC(=O)c1ccccc1NC(=S)NC(=O)Cc1cccc2ccccc12. The minimum absolute atomic E-state index is 0.0166. The molecule has 29 heavy (non-hydrogen) atoms. The summed E-state index contributed by atoms with van der Waals surface area (Å²) in [4.78, 5) is 24.9. The highest BCUT2D eigenvalue weighted by Crippen LogP contribution is 2.19. The molecule has 0 aliphatic rings. The molecule has 0 saturated heterocycles. The first-order valence-corrected chi connectivity index (χ1v) is 9.82. The van der Waals surface area contributed by atoms with E-state index in [4.69, 9.17) is 12.2 Å². The summed E-state index contributed by atoms with van der Waals surface area (Å²) in [5.74, 6) is -0.420. The second kappa shape index (κ2) is 9.30. The van der Waals surface area contributed by atoms with Crippen LogP contribution < -0.4 is 16.0 Å². The van der Waals surface area contributed by atoms with Crippen molar-refractivity contribution in [1.29, 1.82) is 0 Å². The van der Waals surface area contributed by atoms with E-state index >= 15 is 0 Å². The molecule has 0 aliphatic heterocycles. The number of rotatable bonds is 5. The van der Waals surface area contributed by atoms with E-state index in [9.17, 15) is 9.59 Å². The molecule has 0 unspecified atom stereocenters. The van der Waals surface area contributed by atoms with Gasteiger partial charge in [-0.3, -0.25) is 9.59 Å². The molecule has 2 amide bonds. The Morgan fingerprint density at radius 2 is 1.62 bits per heavy atom. The van der Waals surface area contributed by atoms with Crippen LogP contribution in [0.2, 0.25) is 0 Å². The third-order valence-corrected chi connectivity index (χ3v) is 4.53. The molecule has 0 saturated carbocycles. The molecular formula is C23H23N3O2S. The van der Waals surface area contributed by atoms with Crippen LogP contribution >= 0.6 is 12.2 Å². The molecule has 0 heterocycles. The van der Waals surface area contributed by atoms with E-state index in [1.807, 2.05) is 56.3 Å². The number of carbonyl (C=O) groups excluding carboxylic acids is 2. The average Bonchev–Trinajstić information content (AvgIpc) is 2.68. The fraction of sp³-hybridized carbons (Fsp3) is 0.174. The molecule has 0 radical (unpaired) electrons. The van der Waals surface area contributed by atoms with Crippen molar-refractivity contribution in [2.75, 3.05) is 5.32 Å². The van der Waals surface area contributed by atoms with Gasteiger partial charge < -0.3 is 16.0 Å². The maximum Gasteiger partial charge on any atom is 0.253 e. The van der Waals surface area contributed by atoms with Crippen LogP contribution in [0.4, 0.5) is 5.69 Å². The molecule has 5 nitrogen and oxygen atoms in total. The number of anilines is 1. The molecule has 3 aromatic carbocycles. The van der Waals surface area contributed by atoms with Crippen LogP contribution in [0.3, 0.4) is 0 Å². The van der Waals surface area contributed by atoms with E-state index in [-0.39, 0.29) is 29.4 Å². The maximum atomic E-state index is 12.5. The predicted octanol–water partition coefficient (Wildman–Crippen LogP) is 4.03. The number of nitrogens with one attached hydrogen (secondary N) is 3. The minimum atomic E-state index is -0.219. The predicted molar refractivity (Wildman–Crippen MR) is 121 cm³/mol. The lowest BCUT2D eigenvalue weighted by atomic mass is 10.0. The van der Waals surface area contributed by atoms with Gasteiger partial charge in [0.15, 0.2) is 5.11 Å². The quantitative estimate of drug-likeness (QED) is 0.561. The lowest BCUT2D eigenvalue weighted by molar-refractivity contribution is -0.119. The van der Waals surface area contributed by atoms with Crippen molar-refractivity contribution in [1.82, 2.24) is 10.6 Å². The van der Waals surface area contributed by atoms with Crippen molar-refractivity contribution in [2.24, 2.45) is 0 Å². The third-order valence-electron chi connectivity index (χ3n) is 4.32. The molecule has 0 fully saturated rings. The van der Waals surface area contributed by atoms with Gasteiger partial charge in [0.2, 0.25) is 5.91 Å². The number of fused-ring (bicyclic) bond motifs is 1. The molecule has 0 aromatic heterocycles. The Balaban J connectivity index is 1.67. The van der Waals surface area contributed by atoms with Gasteiger partial charge in [0.25, 0.3) is 5.91 Å². The Bertz CT molecular complexity index is 1060. The van der Waals surface area contributed by atoms with Gasteiger partial charge in [-0.1, -0.05) is 54.6 Å². The fourth-order valence-corrected chi connectivity index (χ4v) is 3.30. The number of carbonyl (C=O) groups is 2. The molecular weight excluding hydrogens is 382 g/mol. The van der Waals surface area contributed by atoms with E-state index in [0.29, 0.717) is 11.3 Å². The zero-order valence-electron chi connectivity index (χ0n) is 16.4. The first-order valence-electron chi connectivity index (χ1n) is 9.41. The number of amides is 2. The van der Waals surface area contributed by atoms with E-state index in [0.717, 1.165) is 16.3 Å². The van der Waals surface area contributed by atoms with Crippen LogP contribution in [-0.4, -0.2) is 23.0 Å². The second-order valence-electron chi connectivity index (χ2n) is 6.99. The van der Waals surface area contributed by atoms with Gasteiger partial charge in [-0.05, 0) is 54.5 Å². The van der Waals surface area contributed by atoms with Gasteiger partial charge in [0, 0.05) is 6.04 Å². The normalized spacial score (nSPS) is 10.6. The van der Waals surface area contributed by atoms with Gasteiger partial charge in [-0.15, -0.1) is 0 Å². The van der Waals surface area contributed by atoms with Gasteiger partial charge >= 0.3 is 0 Å². The van der Waals surface area contributed by atoms with Crippen LogP contribution in [0.15, 0.2) is 66.7 Å². The summed E-state index contributed by atoms with van der Waals surface area (Å²) >= 11 is 5.28. The van der Waals surface area contributed by atoms with Gasteiger partial charge in [-0.25, -0.2) is 0 Å². The minimum Gasteiger partial charge on any atom is -0.350 e. The molecule has 0 spiro atoms. The topological polar surface area (TPSA) is 70.2 Å². The highest BCUT2D eigenvalue weighted by Gasteiger charge is 2.14. The number of hydrogen-bond donors (Lipinski definition) is 3. The Hall–Kier alpha value is -3.25. The fourth-order valence-electron chi connectivity index (χ4n) is 3.07. The molecule has 148 valence electrons. The zero-order valence-corrected chi connectivity index (χ0v) is 17.2. The van der Waals surface area contributed by atoms with Crippen molar-refractivity contribution in [2.45, 2.75) is 26.3 Å². The standard InChI is InChI=1S/C23H23N3O2S/c1-15(2)24-22(28)19-12-5-6-13-20(19)25-23(29)26-21(27)14-17-10-7-9-16-8-3-4-11-18(16)17/h3-13,15H,14H2,1-2H3,(H,24,28)(H2,25,26,27,29). The van der Waals surface area contributed by atoms with Crippen LogP contribution in [0.1, 0.15) is 29.8 Å². The van der Waals surface area contributed by atoms with Crippen molar-refractivity contribution < 1.29 is 9.59 Å². The Morgan fingerprint density at radius 1 is 0.931 bits per heavy atom. The molecule has 6 heteroatoms. The molecule has 0 atom stereocenters.